The van der Waals surface area contributed by atoms with Gasteiger partial charge in [0.05, 0.1) is 6.10 Å². The second-order valence-electron chi connectivity index (χ2n) is 5.15. The highest BCUT2D eigenvalue weighted by Gasteiger charge is 2.14. The maximum Gasteiger partial charge on any atom is 0.242 e. The minimum absolute atomic E-state index is 0.00101. The summed E-state index contributed by atoms with van der Waals surface area (Å²) in [6, 6.07) is 5.78. The topological polar surface area (TPSA) is 91.5 Å². The van der Waals surface area contributed by atoms with Crippen LogP contribution >= 0.6 is 0 Å². The van der Waals surface area contributed by atoms with Crippen LogP contribution in [0.2, 0.25) is 0 Å². The van der Waals surface area contributed by atoms with Crippen molar-refractivity contribution in [2.45, 2.75) is 26.5 Å². The molecule has 22 heavy (non-hydrogen) atoms. The molecule has 7 heteroatoms. The number of nitrogens with one attached hydrogen (secondary N) is 1. The molecule has 0 amide bonds. The summed E-state index contributed by atoms with van der Waals surface area (Å²) < 4.78 is 16.2. The average molecular weight is 302 g/mol. The Bertz CT molecular complexity index is 676. The van der Waals surface area contributed by atoms with Crippen molar-refractivity contribution in [3.63, 3.8) is 0 Å². The van der Waals surface area contributed by atoms with E-state index in [9.17, 15) is 0 Å². The number of nitrogens with zero attached hydrogens (tertiary/aromatic N) is 2. The molecule has 3 N–H and O–H groups in total. The number of fused-ring (bicyclic) bond motifs is 1. The Kier molecular flexibility index (Phi) is 3.86. The molecule has 0 saturated carbocycles. The molecule has 1 aliphatic rings. The quantitative estimate of drug-likeness (QED) is 0.874. The SMILES string of the molecule is CC(C)Oc1ncnc(NCc2ccc3c(c2)OCO3)c1N. The smallest absolute Gasteiger partial charge is 0.242 e. The molecule has 0 fully saturated rings. The summed E-state index contributed by atoms with van der Waals surface area (Å²) in [7, 11) is 0. The number of hydrogen-bond acceptors (Lipinski definition) is 7. The molecule has 0 saturated heterocycles. The van der Waals surface area contributed by atoms with Crippen LogP contribution in [0, 0.1) is 0 Å². The van der Waals surface area contributed by atoms with E-state index in [0.29, 0.717) is 23.9 Å². The molecule has 1 aromatic heterocycles. The zero-order valence-electron chi connectivity index (χ0n) is 12.5. The van der Waals surface area contributed by atoms with Gasteiger partial charge in [-0.15, -0.1) is 0 Å². The van der Waals surface area contributed by atoms with Crippen molar-refractivity contribution in [3.8, 4) is 17.4 Å². The first-order valence-corrected chi connectivity index (χ1v) is 7.03. The van der Waals surface area contributed by atoms with Crippen LogP contribution in [0.5, 0.6) is 17.4 Å². The molecule has 0 unspecified atom stereocenters. The maximum atomic E-state index is 6.03. The van der Waals surface area contributed by atoms with Crippen LogP contribution in [0.25, 0.3) is 0 Å². The predicted molar refractivity (Wildman–Crippen MR) is 82.1 cm³/mol. The van der Waals surface area contributed by atoms with Gasteiger partial charge in [-0.3, -0.25) is 0 Å². The van der Waals surface area contributed by atoms with Gasteiger partial charge >= 0.3 is 0 Å². The van der Waals surface area contributed by atoms with Crippen molar-refractivity contribution in [2.24, 2.45) is 0 Å². The van der Waals surface area contributed by atoms with Gasteiger partial charge in [-0.1, -0.05) is 6.07 Å². The summed E-state index contributed by atoms with van der Waals surface area (Å²) in [4.78, 5) is 8.20. The van der Waals surface area contributed by atoms with Gasteiger partial charge < -0.3 is 25.3 Å². The zero-order chi connectivity index (χ0) is 15.5. The summed E-state index contributed by atoms with van der Waals surface area (Å²) in [6.45, 7) is 4.66. The van der Waals surface area contributed by atoms with Crippen molar-refractivity contribution >= 4 is 11.5 Å². The number of nitrogen functional groups attached to an aromatic ring is 1. The molecule has 0 radical (unpaired) electrons. The number of nitrogens with two attached hydrogens (primary N) is 1. The Morgan fingerprint density at radius 3 is 2.91 bits per heavy atom. The molecule has 0 aliphatic carbocycles. The number of aromatic nitrogens is 2. The average Bonchev–Trinajstić information content (AvgIpc) is 2.95. The van der Waals surface area contributed by atoms with E-state index >= 15 is 0 Å². The minimum Gasteiger partial charge on any atom is -0.473 e. The van der Waals surface area contributed by atoms with E-state index in [1.54, 1.807) is 0 Å². The Morgan fingerprint density at radius 1 is 1.27 bits per heavy atom. The Labute approximate surface area is 128 Å². The van der Waals surface area contributed by atoms with Gasteiger partial charge in [-0.05, 0) is 31.5 Å². The lowest BCUT2D eigenvalue weighted by molar-refractivity contribution is 0.174. The molecule has 116 valence electrons. The van der Waals surface area contributed by atoms with E-state index in [-0.39, 0.29) is 12.9 Å². The first kappa shape index (κ1) is 14.2. The third-order valence-electron chi connectivity index (χ3n) is 3.09. The van der Waals surface area contributed by atoms with Crippen LogP contribution in [0.3, 0.4) is 0 Å². The third kappa shape index (κ3) is 2.98. The van der Waals surface area contributed by atoms with E-state index in [4.69, 9.17) is 19.9 Å². The van der Waals surface area contributed by atoms with Crippen LogP contribution in [0.1, 0.15) is 19.4 Å². The number of ether oxygens (including phenoxy) is 3. The molecular formula is C15H18N4O3. The van der Waals surface area contributed by atoms with Gasteiger partial charge in [0.1, 0.15) is 12.0 Å². The molecule has 7 nitrogen and oxygen atoms in total. The second-order valence-corrected chi connectivity index (χ2v) is 5.15. The van der Waals surface area contributed by atoms with E-state index in [2.05, 4.69) is 15.3 Å². The molecule has 0 atom stereocenters. The largest absolute Gasteiger partial charge is 0.473 e. The van der Waals surface area contributed by atoms with Crippen LogP contribution in [0.15, 0.2) is 24.5 Å². The predicted octanol–water partition coefficient (Wildman–Crippen LogP) is 2.19. The van der Waals surface area contributed by atoms with Gasteiger partial charge in [-0.25, -0.2) is 4.98 Å². The van der Waals surface area contributed by atoms with Crippen LogP contribution in [-0.4, -0.2) is 22.9 Å². The third-order valence-corrected chi connectivity index (χ3v) is 3.09. The van der Waals surface area contributed by atoms with Crippen molar-refractivity contribution in [2.75, 3.05) is 17.8 Å². The first-order chi connectivity index (χ1) is 10.6. The second kappa shape index (κ2) is 5.97. The highest BCUT2D eigenvalue weighted by molar-refractivity contribution is 5.66. The minimum atomic E-state index is -0.00101. The first-order valence-electron chi connectivity index (χ1n) is 7.03. The van der Waals surface area contributed by atoms with E-state index in [0.717, 1.165) is 17.1 Å². The fourth-order valence-corrected chi connectivity index (χ4v) is 2.07. The molecule has 0 bridgehead atoms. The molecule has 2 heterocycles. The summed E-state index contributed by atoms with van der Waals surface area (Å²) >= 11 is 0. The summed E-state index contributed by atoms with van der Waals surface area (Å²) in [5, 5.41) is 3.18. The summed E-state index contributed by atoms with van der Waals surface area (Å²) in [5.74, 6) is 2.44. The fraction of sp³-hybridized carbons (Fsp3) is 0.333. The fourth-order valence-electron chi connectivity index (χ4n) is 2.07. The van der Waals surface area contributed by atoms with Gasteiger partial charge in [0, 0.05) is 6.54 Å². The highest BCUT2D eigenvalue weighted by atomic mass is 16.7. The lowest BCUT2D eigenvalue weighted by atomic mass is 10.2. The van der Waals surface area contributed by atoms with Gasteiger partial charge in [0.25, 0.3) is 0 Å². The monoisotopic (exact) mass is 302 g/mol. The van der Waals surface area contributed by atoms with E-state index in [1.807, 2.05) is 32.0 Å². The summed E-state index contributed by atoms with van der Waals surface area (Å²) in [5.41, 5.74) is 7.46. The summed E-state index contributed by atoms with van der Waals surface area (Å²) in [6.07, 6.45) is 1.43. The van der Waals surface area contributed by atoms with Crippen LogP contribution in [-0.2, 0) is 6.54 Å². The molecule has 2 aromatic rings. The lowest BCUT2D eigenvalue weighted by Gasteiger charge is -2.13. The number of rotatable bonds is 5. The van der Waals surface area contributed by atoms with Crippen molar-refractivity contribution in [3.05, 3.63) is 30.1 Å². The van der Waals surface area contributed by atoms with Crippen LogP contribution < -0.4 is 25.3 Å². The molecular weight excluding hydrogens is 284 g/mol. The lowest BCUT2D eigenvalue weighted by Crippen LogP contribution is -2.12. The van der Waals surface area contributed by atoms with E-state index in [1.165, 1.54) is 6.33 Å². The normalized spacial score (nSPS) is 12.5. The van der Waals surface area contributed by atoms with Crippen molar-refractivity contribution < 1.29 is 14.2 Å². The van der Waals surface area contributed by atoms with E-state index < -0.39 is 0 Å². The van der Waals surface area contributed by atoms with Crippen molar-refractivity contribution in [1.29, 1.82) is 0 Å². The maximum absolute atomic E-state index is 6.03. The molecule has 0 spiro atoms. The van der Waals surface area contributed by atoms with Crippen LogP contribution in [0.4, 0.5) is 11.5 Å². The van der Waals surface area contributed by atoms with Crippen molar-refractivity contribution in [1.82, 2.24) is 9.97 Å². The molecule has 1 aliphatic heterocycles. The highest BCUT2D eigenvalue weighted by Crippen LogP contribution is 2.33. The zero-order valence-corrected chi connectivity index (χ0v) is 12.5. The Hall–Kier alpha value is -2.70. The Balaban J connectivity index is 1.71. The van der Waals surface area contributed by atoms with Gasteiger partial charge in [0.2, 0.25) is 12.7 Å². The number of benzene rings is 1. The molecule has 3 rings (SSSR count). The standard InChI is InChI=1S/C15H18N4O3/c1-9(2)22-15-13(16)14(18-7-19-15)17-6-10-3-4-11-12(5-10)21-8-20-11/h3-5,7,9H,6,8,16H2,1-2H3,(H,17,18,19). The molecule has 1 aromatic carbocycles. The Morgan fingerprint density at radius 2 is 2.09 bits per heavy atom. The number of hydrogen-bond donors (Lipinski definition) is 2. The van der Waals surface area contributed by atoms with Gasteiger partial charge in [0.15, 0.2) is 17.3 Å². The number of anilines is 2. The van der Waals surface area contributed by atoms with Gasteiger partial charge in [-0.2, -0.15) is 4.98 Å².